The molecule has 2 atom stereocenters. The standard InChI is InChI=1S/C19H20ClN7O2/c1-12-5-6-15(27-23-7-8-24-27)17(25-12)18(28)26-9-3-4-16(13(26)2)29-19-21-10-14(20)11-22-19/h5-8,10-11,13,16H,3-4,9H2,1-2H3/t13-,16+/m0/s1. The molecule has 150 valence electrons. The molecular formula is C19H20ClN7O2. The fourth-order valence-corrected chi connectivity index (χ4v) is 3.49. The van der Waals surface area contributed by atoms with Crippen LogP contribution in [0, 0.1) is 6.92 Å². The molecule has 1 aliphatic rings. The number of hydrogen-bond donors (Lipinski definition) is 0. The maximum Gasteiger partial charge on any atom is 0.316 e. The molecule has 0 N–H and O–H groups in total. The first-order valence-corrected chi connectivity index (χ1v) is 9.70. The average Bonchev–Trinajstić information content (AvgIpc) is 3.25. The molecular weight excluding hydrogens is 394 g/mol. The number of rotatable bonds is 4. The van der Waals surface area contributed by atoms with Gasteiger partial charge in [0.25, 0.3) is 5.91 Å². The van der Waals surface area contributed by atoms with E-state index in [1.165, 1.54) is 17.2 Å². The molecule has 3 aromatic heterocycles. The number of ether oxygens (including phenoxy) is 1. The van der Waals surface area contributed by atoms with E-state index in [9.17, 15) is 4.79 Å². The van der Waals surface area contributed by atoms with Crippen LogP contribution < -0.4 is 4.74 Å². The molecule has 0 bridgehead atoms. The summed E-state index contributed by atoms with van der Waals surface area (Å²) in [5, 5.41) is 8.73. The Morgan fingerprint density at radius 1 is 1.21 bits per heavy atom. The predicted octanol–water partition coefficient (Wildman–Crippen LogP) is 2.49. The smallest absolute Gasteiger partial charge is 0.316 e. The van der Waals surface area contributed by atoms with E-state index in [4.69, 9.17) is 16.3 Å². The largest absolute Gasteiger partial charge is 0.458 e. The summed E-state index contributed by atoms with van der Waals surface area (Å²) in [5.41, 5.74) is 1.61. The number of amides is 1. The normalized spacial score (nSPS) is 19.2. The second kappa shape index (κ2) is 8.12. The molecule has 1 saturated heterocycles. The van der Waals surface area contributed by atoms with Crippen LogP contribution in [0.4, 0.5) is 0 Å². The van der Waals surface area contributed by atoms with Crippen molar-refractivity contribution in [1.29, 1.82) is 0 Å². The summed E-state index contributed by atoms with van der Waals surface area (Å²) in [5.74, 6) is -0.182. The second-order valence-electron chi connectivity index (χ2n) is 6.86. The Morgan fingerprint density at radius 3 is 2.66 bits per heavy atom. The van der Waals surface area contributed by atoms with Crippen LogP contribution in [-0.4, -0.2) is 59.4 Å². The van der Waals surface area contributed by atoms with Gasteiger partial charge in [0.15, 0.2) is 5.69 Å². The number of nitrogens with zero attached hydrogens (tertiary/aromatic N) is 7. The number of aryl methyl sites for hydroxylation is 1. The minimum absolute atomic E-state index is 0.182. The third-order valence-electron chi connectivity index (χ3n) is 4.88. The predicted molar refractivity (Wildman–Crippen MR) is 105 cm³/mol. The Kier molecular flexibility index (Phi) is 5.39. The lowest BCUT2D eigenvalue weighted by Gasteiger charge is -2.38. The van der Waals surface area contributed by atoms with E-state index in [-0.39, 0.29) is 24.1 Å². The zero-order chi connectivity index (χ0) is 20.4. The molecule has 3 aromatic rings. The van der Waals surface area contributed by atoms with Gasteiger partial charge in [-0.2, -0.15) is 10.2 Å². The van der Waals surface area contributed by atoms with Gasteiger partial charge in [0, 0.05) is 12.2 Å². The second-order valence-corrected chi connectivity index (χ2v) is 7.30. The quantitative estimate of drug-likeness (QED) is 0.647. The SMILES string of the molecule is Cc1ccc(-n2nccn2)c(C(=O)N2CCC[C@@H](Oc3ncc(Cl)cn3)[C@@H]2C)n1. The van der Waals surface area contributed by atoms with Gasteiger partial charge in [0.2, 0.25) is 0 Å². The van der Waals surface area contributed by atoms with Crippen LogP contribution >= 0.6 is 11.6 Å². The maximum absolute atomic E-state index is 13.4. The average molecular weight is 414 g/mol. The highest BCUT2D eigenvalue weighted by molar-refractivity contribution is 6.30. The van der Waals surface area contributed by atoms with Gasteiger partial charge in [0.05, 0.1) is 35.9 Å². The molecule has 1 aliphatic heterocycles. The highest BCUT2D eigenvalue weighted by atomic mass is 35.5. The van der Waals surface area contributed by atoms with Crippen molar-refractivity contribution in [3.63, 3.8) is 0 Å². The molecule has 1 amide bonds. The zero-order valence-electron chi connectivity index (χ0n) is 16.1. The Bertz CT molecular complexity index is 994. The summed E-state index contributed by atoms with van der Waals surface area (Å²) in [4.78, 5) is 29.3. The van der Waals surface area contributed by atoms with Crippen molar-refractivity contribution in [3.8, 4) is 11.7 Å². The van der Waals surface area contributed by atoms with Crippen molar-refractivity contribution in [3.05, 3.63) is 53.3 Å². The molecule has 0 aromatic carbocycles. The van der Waals surface area contributed by atoms with Crippen molar-refractivity contribution in [1.82, 2.24) is 34.8 Å². The topological polar surface area (TPSA) is 98.9 Å². The van der Waals surface area contributed by atoms with Crippen molar-refractivity contribution < 1.29 is 9.53 Å². The number of likely N-dealkylation sites (tertiary alicyclic amines) is 1. The van der Waals surface area contributed by atoms with E-state index in [2.05, 4.69) is 25.1 Å². The van der Waals surface area contributed by atoms with Gasteiger partial charge < -0.3 is 9.64 Å². The summed E-state index contributed by atoms with van der Waals surface area (Å²) in [6.07, 6.45) is 7.47. The van der Waals surface area contributed by atoms with Crippen LogP contribution in [0.25, 0.3) is 5.69 Å². The summed E-state index contributed by atoms with van der Waals surface area (Å²) in [7, 11) is 0. The van der Waals surface area contributed by atoms with Gasteiger partial charge in [-0.1, -0.05) is 11.6 Å². The molecule has 29 heavy (non-hydrogen) atoms. The zero-order valence-corrected chi connectivity index (χ0v) is 16.8. The van der Waals surface area contributed by atoms with Crippen molar-refractivity contribution >= 4 is 17.5 Å². The molecule has 0 spiro atoms. The Morgan fingerprint density at radius 2 is 1.93 bits per heavy atom. The molecule has 0 unspecified atom stereocenters. The molecule has 0 radical (unpaired) electrons. The van der Waals surface area contributed by atoms with Crippen LogP contribution in [0.15, 0.2) is 36.9 Å². The van der Waals surface area contributed by atoms with Crippen LogP contribution in [0.5, 0.6) is 6.01 Å². The lowest BCUT2D eigenvalue weighted by molar-refractivity contribution is 0.0244. The third-order valence-corrected chi connectivity index (χ3v) is 5.08. The first-order valence-electron chi connectivity index (χ1n) is 9.32. The first-order chi connectivity index (χ1) is 14.0. The van der Waals surface area contributed by atoms with Crippen LogP contribution in [-0.2, 0) is 0 Å². The number of pyridine rings is 1. The van der Waals surface area contributed by atoms with Crippen molar-refractivity contribution in [2.45, 2.75) is 38.8 Å². The van der Waals surface area contributed by atoms with E-state index in [0.717, 1.165) is 18.5 Å². The van der Waals surface area contributed by atoms with E-state index in [1.54, 1.807) is 23.4 Å². The summed E-state index contributed by atoms with van der Waals surface area (Å²) in [6, 6.07) is 3.70. The van der Waals surface area contributed by atoms with E-state index in [1.807, 2.05) is 19.9 Å². The Labute approximate surface area is 172 Å². The molecule has 4 heterocycles. The third kappa shape index (κ3) is 4.04. The maximum atomic E-state index is 13.4. The van der Waals surface area contributed by atoms with Crippen LogP contribution in [0.3, 0.4) is 0 Å². The monoisotopic (exact) mass is 413 g/mol. The Hall–Kier alpha value is -3.07. The van der Waals surface area contributed by atoms with Gasteiger partial charge in [-0.3, -0.25) is 4.79 Å². The van der Waals surface area contributed by atoms with Crippen molar-refractivity contribution in [2.24, 2.45) is 0 Å². The van der Waals surface area contributed by atoms with E-state index < -0.39 is 0 Å². The van der Waals surface area contributed by atoms with Gasteiger partial charge in [0.1, 0.15) is 11.8 Å². The fourth-order valence-electron chi connectivity index (χ4n) is 3.39. The number of carbonyl (C=O) groups excluding carboxylic acids is 1. The lowest BCUT2D eigenvalue weighted by atomic mass is 9.99. The molecule has 9 nitrogen and oxygen atoms in total. The molecule has 4 rings (SSSR count). The summed E-state index contributed by atoms with van der Waals surface area (Å²) >= 11 is 5.83. The number of carbonyl (C=O) groups is 1. The number of hydrogen-bond acceptors (Lipinski definition) is 7. The fraction of sp³-hybridized carbons (Fsp3) is 0.368. The van der Waals surface area contributed by atoms with Gasteiger partial charge in [-0.25, -0.2) is 15.0 Å². The van der Waals surface area contributed by atoms with Gasteiger partial charge in [-0.05, 0) is 38.8 Å². The highest BCUT2D eigenvalue weighted by Crippen LogP contribution is 2.24. The lowest BCUT2D eigenvalue weighted by Crippen LogP contribution is -2.51. The molecule has 0 aliphatic carbocycles. The van der Waals surface area contributed by atoms with E-state index in [0.29, 0.717) is 22.9 Å². The number of halogens is 1. The van der Waals surface area contributed by atoms with Crippen LogP contribution in [0.1, 0.15) is 35.9 Å². The Balaban J connectivity index is 1.58. The number of piperidine rings is 1. The summed E-state index contributed by atoms with van der Waals surface area (Å²) in [6.45, 7) is 4.42. The van der Waals surface area contributed by atoms with E-state index >= 15 is 0 Å². The molecule has 0 saturated carbocycles. The summed E-state index contributed by atoms with van der Waals surface area (Å²) < 4.78 is 5.94. The van der Waals surface area contributed by atoms with Crippen LogP contribution in [0.2, 0.25) is 5.02 Å². The highest BCUT2D eigenvalue weighted by Gasteiger charge is 2.35. The minimum Gasteiger partial charge on any atom is -0.458 e. The minimum atomic E-state index is -0.232. The first kappa shape index (κ1) is 19.3. The van der Waals surface area contributed by atoms with Gasteiger partial charge in [-0.15, -0.1) is 4.80 Å². The molecule has 10 heteroatoms. The number of aromatic nitrogens is 6. The molecule has 1 fully saturated rings. The van der Waals surface area contributed by atoms with Crippen molar-refractivity contribution in [2.75, 3.05) is 6.54 Å². The van der Waals surface area contributed by atoms with Gasteiger partial charge >= 0.3 is 6.01 Å².